The van der Waals surface area contributed by atoms with Crippen molar-refractivity contribution in [2.45, 2.75) is 5.38 Å². The van der Waals surface area contributed by atoms with Crippen LogP contribution in [0.4, 0.5) is 0 Å². The lowest BCUT2D eigenvalue weighted by Gasteiger charge is -2.13. The highest BCUT2D eigenvalue weighted by Crippen LogP contribution is 2.36. The fourth-order valence-electron chi connectivity index (χ4n) is 1.69. The Hall–Kier alpha value is -0.890. The van der Waals surface area contributed by atoms with Crippen LogP contribution in [0.1, 0.15) is 16.5 Å². The Morgan fingerprint density at radius 3 is 2.56 bits per heavy atom. The Morgan fingerprint density at radius 1 is 1.06 bits per heavy atom. The summed E-state index contributed by atoms with van der Waals surface area (Å²) < 4.78 is 5.18. The predicted octanol–water partition coefficient (Wildman–Crippen LogP) is 5.33. The first-order chi connectivity index (χ1) is 8.61. The first kappa shape index (κ1) is 13.5. The second-order valence-corrected chi connectivity index (χ2v) is 5.09. The molecule has 18 heavy (non-hydrogen) atoms. The second kappa shape index (κ2) is 5.83. The molecule has 0 amide bonds. The fraction of sp³-hybridized carbons (Fsp3) is 0.143. The number of methoxy groups -OCH3 is 1. The van der Waals surface area contributed by atoms with Crippen LogP contribution >= 0.6 is 34.8 Å². The van der Waals surface area contributed by atoms with E-state index in [1.807, 2.05) is 24.3 Å². The monoisotopic (exact) mass is 300 g/mol. The van der Waals surface area contributed by atoms with Crippen molar-refractivity contribution in [2.75, 3.05) is 7.11 Å². The standard InChI is InChI=1S/C14H11Cl3O/c1-18-11-4-2-3-9(7-11)14(17)12-8-10(15)5-6-13(12)16/h2-8,14H,1H3. The van der Waals surface area contributed by atoms with Crippen LogP contribution in [-0.2, 0) is 0 Å². The average Bonchev–Trinajstić information content (AvgIpc) is 2.41. The zero-order valence-corrected chi connectivity index (χ0v) is 11.9. The molecule has 2 aromatic rings. The van der Waals surface area contributed by atoms with Crippen molar-refractivity contribution < 1.29 is 4.74 Å². The van der Waals surface area contributed by atoms with Gasteiger partial charge in [-0.15, -0.1) is 11.6 Å². The van der Waals surface area contributed by atoms with E-state index in [9.17, 15) is 0 Å². The minimum Gasteiger partial charge on any atom is -0.497 e. The number of ether oxygens (including phenoxy) is 1. The van der Waals surface area contributed by atoms with E-state index >= 15 is 0 Å². The van der Waals surface area contributed by atoms with Gasteiger partial charge in [0, 0.05) is 10.0 Å². The summed E-state index contributed by atoms with van der Waals surface area (Å²) in [5.74, 6) is 0.760. The Kier molecular flexibility index (Phi) is 4.39. The molecule has 0 N–H and O–H groups in total. The molecule has 0 heterocycles. The number of hydrogen-bond acceptors (Lipinski definition) is 1. The lowest BCUT2D eigenvalue weighted by molar-refractivity contribution is 0.414. The summed E-state index contributed by atoms with van der Waals surface area (Å²) in [5, 5.41) is 0.858. The molecule has 1 unspecified atom stereocenters. The summed E-state index contributed by atoms with van der Waals surface area (Å²) in [5.41, 5.74) is 1.71. The number of benzene rings is 2. The maximum Gasteiger partial charge on any atom is 0.119 e. The van der Waals surface area contributed by atoms with Crippen LogP contribution in [-0.4, -0.2) is 7.11 Å². The van der Waals surface area contributed by atoms with Crippen LogP contribution in [0.3, 0.4) is 0 Å². The molecule has 2 rings (SSSR count). The van der Waals surface area contributed by atoms with Crippen molar-refractivity contribution in [3.8, 4) is 5.75 Å². The molecular weight excluding hydrogens is 291 g/mol. The van der Waals surface area contributed by atoms with Gasteiger partial charge in [0.15, 0.2) is 0 Å². The van der Waals surface area contributed by atoms with E-state index in [4.69, 9.17) is 39.5 Å². The van der Waals surface area contributed by atoms with Gasteiger partial charge in [0.2, 0.25) is 0 Å². The van der Waals surface area contributed by atoms with Gasteiger partial charge >= 0.3 is 0 Å². The molecule has 0 aliphatic carbocycles. The molecular formula is C14H11Cl3O. The Morgan fingerprint density at radius 2 is 1.83 bits per heavy atom. The Labute approximate surface area is 121 Å². The summed E-state index contributed by atoms with van der Waals surface area (Å²) in [7, 11) is 1.62. The van der Waals surface area contributed by atoms with Gasteiger partial charge in [-0.1, -0.05) is 35.3 Å². The Bertz CT molecular complexity index is 554. The van der Waals surface area contributed by atoms with Crippen LogP contribution in [0.5, 0.6) is 5.75 Å². The van der Waals surface area contributed by atoms with Gasteiger partial charge in [-0.05, 0) is 41.5 Å². The maximum absolute atomic E-state index is 6.44. The summed E-state index contributed by atoms with van der Waals surface area (Å²) in [6, 6.07) is 12.8. The first-order valence-corrected chi connectivity index (χ1v) is 6.54. The van der Waals surface area contributed by atoms with E-state index in [0.717, 1.165) is 16.9 Å². The fourth-order valence-corrected chi connectivity index (χ4v) is 2.47. The van der Waals surface area contributed by atoms with Gasteiger partial charge < -0.3 is 4.74 Å². The minimum atomic E-state index is -0.355. The molecule has 0 saturated carbocycles. The van der Waals surface area contributed by atoms with Gasteiger partial charge in [0.05, 0.1) is 12.5 Å². The van der Waals surface area contributed by atoms with Crippen LogP contribution in [0.25, 0.3) is 0 Å². The molecule has 0 saturated heterocycles. The van der Waals surface area contributed by atoms with Crippen molar-refractivity contribution in [3.63, 3.8) is 0 Å². The van der Waals surface area contributed by atoms with Gasteiger partial charge in [-0.2, -0.15) is 0 Å². The topological polar surface area (TPSA) is 9.23 Å². The summed E-state index contributed by atoms with van der Waals surface area (Å²) in [4.78, 5) is 0. The largest absolute Gasteiger partial charge is 0.497 e. The molecule has 2 aromatic carbocycles. The summed E-state index contributed by atoms with van der Waals surface area (Å²) >= 11 is 18.5. The average molecular weight is 302 g/mol. The van der Waals surface area contributed by atoms with Crippen molar-refractivity contribution in [1.29, 1.82) is 0 Å². The van der Waals surface area contributed by atoms with Crippen molar-refractivity contribution >= 4 is 34.8 Å². The van der Waals surface area contributed by atoms with E-state index < -0.39 is 0 Å². The third-order valence-corrected chi connectivity index (χ3v) is 3.68. The normalized spacial score (nSPS) is 12.2. The molecule has 0 aliphatic rings. The second-order valence-electron chi connectivity index (χ2n) is 3.81. The van der Waals surface area contributed by atoms with Gasteiger partial charge in [-0.3, -0.25) is 0 Å². The molecule has 1 nitrogen and oxygen atoms in total. The van der Waals surface area contributed by atoms with Gasteiger partial charge in [0.25, 0.3) is 0 Å². The summed E-state index contributed by atoms with van der Waals surface area (Å²) in [6.45, 7) is 0. The van der Waals surface area contributed by atoms with Crippen molar-refractivity contribution in [2.24, 2.45) is 0 Å². The molecule has 1 atom stereocenters. The number of rotatable bonds is 3. The molecule has 0 fully saturated rings. The maximum atomic E-state index is 6.44. The van der Waals surface area contributed by atoms with Gasteiger partial charge in [0.1, 0.15) is 5.75 Å². The molecule has 0 aliphatic heterocycles. The number of alkyl halides is 1. The van der Waals surface area contributed by atoms with Crippen molar-refractivity contribution in [3.05, 3.63) is 63.6 Å². The highest BCUT2D eigenvalue weighted by molar-refractivity contribution is 6.35. The van der Waals surface area contributed by atoms with Crippen LogP contribution in [0.2, 0.25) is 10.0 Å². The van der Waals surface area contributed by atoms with E-state index in [1.54, 1.807) is 25.3 Å². The third kappa shape index (κ3) is 2.92. The van der Waals surface area contributed by atoms with E-state index in [-0.39, 0.29) is 5.38 Å². The minimum absolute atomic E-state index is 0.355. The molecule has 0 aromatic heterocycles. The van der Waals surface area contributed by atoms with E-state index in [2.05, 4.69) is 0 Å². The molecule has 0 radical (unpaired) electrons. The third-order valence-electron chi connectivity index (χ3n) is 2.62. The molecule has 94 valence electrons. The predicted molar refractivity (Wildman–Crippen MR) is 77.2 cm³/mol. The highest BCUT2D eigenvalue weighted by atomic mass is 35.5. The molecule has 0 bridgehead atoms. The zero-order chi connectivity index (χ0) is 13.1. The molecule has 0 spiro atoms. The van der Waals surface area contributed by atoms with Crippen LogP contribution < -0.4 is 4.74 Å². The quantitative estimate of drug-likeness (QED) is 0.696. The Balaban J connectivity index is 2.40. The highest BCUT2D eigenvalue weighted by Gasteiger charge is 2.15. The number of halogens is 3. The summed E-state index contributed by atoms with van der Waals surface area (Å²) in [6.07, 6.45) is 0. The lowest BCUT2D eigenvalue weighted by Crippen LogP contribution is -1.95. The SMILES string of the molecule is COc1cccc(C(Cl)c2cc(Cl)ccc2Cl)c1. The first-order valence-electron chi connectivity index (χ1n) is 5.35. The van der Waals surface area contributed by atoms with Gasteiger partial charge in [-0.25, -0.2) is 0 Å². The van der Waals surface area contributed by atoms with E-state index in [0.29, 0.717) is 10.0 Å². The van der Waals surface area contributed by atoms with E-state index in [1.165, 1.54) is 0 Å². The zero-order valence-electron chi connectivity index (χ0n) is 9.66. The molecule has 4 heteroatoms. The van der Waals surface area contributed by atoms with Crippen LogP contribution in [0, 0.1) is 0 Å². The smallest absolute Gasteiger partial charge is 0.119 e. The van der Waals surface area contributed by atoms with Crippen LogP contribution in [0.15, 0.2) is 42.5 Å². The van der Waals surface area contributed by atoms with Crippen molar-refractivity contribution in [1.82, 2.24) is 0 Å². The lowest BCUT2D eigenvalue weighted by atomic mass is 10.0. The number of hydrogen-bond donors (Lipinski definition) is 0.